The van der Waals surface area contributed by atoms with Gasteiger partial charge in [0.15, 0.2) is 0 Å². The first kappa shape index (κ1) is 14.0. The van der Waals surface area contributed by atoms with Crippen molar-refractivity contribution in [3.63, 3.8) is 0 Å². The predicted octanol–water partition coefficient (Wildman–Crippen LogP) is 2.77. The Labute approximate surface area is 114 Å². The van der Waals surface area contributed by atoms with Crippen LogP contribution in [0.5, 0.6) is 0 Å². The molecule has 2 rings (SSSR count). The van der Waals surface area contributed by atoms with Crippen LogP contribution in [0, 0.1) is 0 Å². The zero-order valence-electron chi connectivity index (χ0n) is 11.0. The molecular formula is C13H25NOS2. The summed E-state index contributed by atoms with van der Waals surface area (Å²) in [5.74, 6) is 2.64. The largest absolute Gasteiger partial charge is 0.378 e. The van der Waals surface area contributed by atoms with Crippen LogP contribution >= 0.6 is 23.5 Å². The van der Waals surface area contributed by atoms with Gasteiger partial charge in [-0.05, 0) is 32.7 Å². The van der Waals surface area contributed by atoms with Gasteiger partial charge >= 0.3 is 0 Å². The lowest BCUT2D eigenvalue weighted by molar-refractivity contribution is 0.0997. The minimum atomic E-state index is 0.544. The number of hydrogen-bond donors (Lipinski definition) is 1. The molecule has 0 aromatic carbocycles. The second kappa shape index (κ2) is 7.27. The van der Waals surface area contributed by atoms with Crippen molar-refractivity contribution >= 4 is 23.5 Å². The quantitative estimate of drug-likeness (QED) is 0.832. The van der Waals surface area contributed by atoms with E-state index >= 15 is 0 Å². The normalized spacial score (nSPS) is 36.0. The second-order valence-corrected chi connectivity index (χ2v) is 7.79. The van der Waals surface area contributed by atoms with Crippen LogP contribution in [0.3, 0.4) is 0 Å². The van der Waals surface area contributed by atoms with Crippen LogP contribution in [0.1, 0.15) is 32.6 Å². The van der Waals surface area contributed by atoms with Crippen LogP contribution in [0.15, 0.2) is 0 Å². The van der Waals surface area contributed by atoms with Crippen LogP contribution < -0.4 is 5.32 Å². The van der Waals surface area contributed by atoms with E-state index < -0.39 is 0 Å². The van der Waals surface area contributed by atoms with Gasteiger partial charge in [-0.2, -0.15) is 23.5 Å². The van der Waals surface area contributed by atoms with Crippen molar-refractivity contribution in [2.24, 2.45) is 0 Å². The number of nitrogens with one attached hydrogen (secondary N) is 1. The molecule has 2 nitrogen and oxygen atoms in total. The fourth-order valence-corrected chi connectivity index (χ4v) is 5.84. The van der Waals surface area contributed by atoms with Crippen molar-refractivity contribution in [2.45, 2.75) is 55.3 Å². The van der Waals surface area contributed by atoms with Gasteiger partial charge in [0.2, 0.25) is 0 Å². The number of ether oxygens (including phenoxy) is 1. The van der Waals surface area contributed by atoms with Gasteiger partial charge in [0.1, 0.15) is 0 Å². The fraction of sp³-hybridized carbons (Fsp3) is 1.00. The van der Waals surface area contributed by atoms with E-state index in [0.717, 1.165) is 17.1 Å². The summed E-state index contributed by atoms with van der Waals surface area (Å²) in [6.07, 6.45) is 5.59. The molecule has 2 aliphatic rings. The molecule has 1 N–H and O–H groups in total. The van der Waals surface area contributed by atoms with Gasteiger partial charge in [-0.1, -0.05) is 6.92 Å². The summed E-state index contributed by atoms with van der Waals surface area (Å²) < 4.78 is 5.72. The van der Waals surface area contributed by atoms with Gasteiger partial charge in [0.05, 0.1) is 6.10 Å². The first-order chi connectivity index (χ1) is 8.31. The van der Waals surface area contributed by atoms with Crippen LogP contribution in [-0.4, -0.2) is 47.8 Å². The van der Waals surface area contributed by atoms with Gasteiger partial charge in [0, 0.05) is 34.7 Å². The first-order valence-corrected chi connectivity index (χ1v) is 8.93. The maximum atomic E-state index is 5.72. The van der Waals surface area contributed by atoms with E-state index in [4.69, 9.17) is 4.74 Å². The summed E-state index contributed by atoms with van der Waals surface area (Å²) in [7, 11) is 2.12. The molecule has 0 amide bonds. The third-order valence-corrected chi connectivity index (χ3v) is 7.08. The van der Waals surface area contributed by atoms with Crippen molar-refractivity contribution in [3.05, 3.63) is 0 Å². The minimum absolute atomic E-state index is 0.544. The molecule has 4 atom stereocenters. The summed E-state index contributed by atoms with van der Waals surface area (Å²) in [6, 6.07) is 0.659. The zero-order valence-corrected chi connectivity index (χ0v) is 12.6. The standard InChI is InChI=1S/C13H25NOS2/c1-10-13(17-9-8-16-10)12(14-2)6-5-11-4-3-7-15-11/h10-14H,3-9H2,1-2H3. The molecule has 0 aromatic rings. The Kier molecular flexibility index (Phi) is 6.00. The lowest BCUT2D eigenvalue weighted by Gasteiger charge is -2.34. The average Bonchev–Trinajstić information content (AvgIpc) is 2.85. The topological polar surface area (TPSA) is 21.3 Å². The summed E-state index contributed by atoms with van der Waals surface area (Å²) in [4.78, 5) is 0. The number of rotatable bonds is 5. The molecule has 2 aliphatic heterocycles. The van der Waals surface area contributed by atoms with E-state index in [2.05, 4.69) is 42.8 Å². The zero-order chi connectivity index (χ0) is 12.1. The highest BCUT2D eigenvalue weighted by molar-refractivity contribution is 8.07. The third-order valence-electron chi connectivity index (χ3n) is 3.83. The minimum Gasteiger partial charge on any atom is -0.378 e. The maximum Gasteiger partial charge on any atom is 0.0576 e. The van der Waals surface area contributed by atoms with Gasteiger partial charge in [0.25, 0.3) is 0 Å². The van der Waals surface area contributed by atoms with Crippen molar-refractivity contribution in [3.8, 4) is 0 Å². The van der Waals surface area contributed by atoms with E-state index in [9.17, 15) is 0 Å². The molecule has 0 spiro atoms. The Hall–Kier alpha value is 0.620. The monoisotopic (exact) mass is 275 g/mol. The highest BCUT2D eigenvalue weighted by atomic mass is 32.2. The van der Waals surface area contributed by atoms with Crippen LogP contribution in [0.2, 0.25) is 0 Å². The summed E-state index contributed by atoms with van der Waals surface area (Å²) in [6.45, 7) is 3.37. The van der Waals surface area contributed by atoms with Gasteiger partial charge in [-0.25, -0.2) is 0 Å². The van der Waals surface area contributed by atoms with Crippen molar-refractivity contribution in [1.82, 2.24) is 5.32 Å². The average molecular weight is 275 g/mol. The Morgan fingerprint density at radius 1 is 1.35 bits per heavy atom. The van der Waals surface area contributed by atoms with Crippen molar-refractivity contribution in [1.29, 1.82) is 0 Å². The molecule has 2 heterocycles. The van der Waals surface area contributed by atoms with Crippen molar-refractivity contribution < 1.29 is 4.74 Å². The van der Waals surface area contributed by atoms with Gasteiger partial charge in [-0.3, -0.25) is 0 Å². The molecule has 2 saturated heterocycles. The second-order valence-electron chi connectivity index (χ2n) is 5.02. The van der Waals surface area contributed by atoms with E-state index in [1.54, 1.807) is 0 Å². The summed E-state index contributed by atoms with van der Waals surface area (Å²) in [5, 5.41) is 5.10. The van der Waals surface area contributed by atoms with Crippen LogP contribution in [-0.2, 0) is 4.74 Å². The fourth-order valence-electron chi connectivity index (χ4n) is 2.80. The maximum absolute atomic E-state index is 5.72. The highest BCUT2D eigenvalue weighted by Crippen LogP contribution is 2.34. The first-order valence-electron chi connectivity index (χ1n) is 6.83. The van der Waals surface area contributed by atoms with E-state index in [0.29, 0.717) is 12.1 Å². The smallest absolute Gasteiger partial charge is 0.0576 e. The Balaban J connectivity index is 1.77. The molecular weight excluding hydrogens is 250 g/mol. The molecule has 17 heavy (non-hydrogen) atoms. The van der Waals surface area contributed by atoms with Crippen LogP contribution in [0.4, 0.5) is 0 Å². The third kappa shape index (κ3) is 4.05. The van der Waals surface area contributed by atoms with Gasteiger partial charge < -0.3 is 10.1 Å². The lowest BCUT2D eigenvalue weighted by atomic mass is 10.0. The molecule has 4 unspecified atom stereocenters. The van der Waals surface area contributed by atoms with E-state index in [-0.39, 0.29) is 0 Å². The Morgan fingerprint density at radius 2 is 2.18 bits per heavy atom. The summed E-state index contributed by atoms with van der Waals surface area (Å²) >= 11 is 4.30. The predicted molar refractivity (Wildman–Crippen MR) is 79.2 cm³/mol. The lowest BCUT2D eigenvalue weighted by Crippen LogP contribution is -2.43. The molecule has 2 fully saturated rings. The van der Waals surface area contributed by atoms with E-state index in [1.807, 2.05) is 0 Å². The number of thioether (sulfide) groups is 2. The molecule has 0 saturated carbocycles. The molecule has 0 aromatic heterocycles. The molecule has 100 valence electrons. The Bertz CT molecular complexity index is 221. The van der Waals surface area contributed by atoms with E-state index in [1.165, 1.54) is 37.2 Å². The van der Waals surface area contributed by atoms with Crippen LogP contribution in [0.25, 0.3) is 0 Å². The summed E-state index contributed by atoms with van der Waals surface area (Å²) in [5.41, 5.74) is 0. The highest BCUT2D eigenvalue weighted by Gasteiger charge is 2.30. The van der Waals surface area contributed by atoms with Crippen molar-refractivity contribution in [2.75, 3.05) is 25.2 Å². The Morgan fingerprint density at radius 3 is 2.82 bits per heavy atom. The van der Waals surface area contributed by atoms with Gasteiger partial charge in [-0.15, -0.1) is 0 Å². The number of hydrogen-bond acceptors (Lipinski definition) is 4. The SMILES string of the molecule is CNC(CCC1CCCO1)C1SCCSC1C. The molecule has 0 radical (unpaired) electrons. The molecule has 0 bridgehead atoms. The molecule has 4 heteroatoms. The molecule has 0 aliphatic carbocycles.